The lowest BCUT2D eigenvalue weighted by molar-refractivity contribution is -0.124. The number of carbonyl (C=O) groups excluding carboxylic acids is 2. The van der Waals surface area contributed by atoms with E-state index >= 15 is 0 Å². The SMILES string of the molecule is NC(=O)C1CC(=O)c2cc(Cl)ccc2O1. The molecule has 2 N–H and O–H groups in total. The van der Waals surface area contributed by atoms with E-state index in [9.17, 15) is 9.59 Å². The van der Waals surface area contributed by atoms with Crippen molar-refractivity contribution < 1.29 is 14.3 Å². The van der Waals surface area contributed by atoms with Crippen LogP contribution >= 0.6 is 11.6 Å². The van der Waals surface area contributed by atoms with Crippen molar-refractivity contribution in [3.63, 3.8) is 0 Å². The Morgan fingerprint density at radius 2 is 2.27 bits per heavy atom. The van der Waals surface area contributed by atoms with Gasteiger partial charge >= 0.3 is 0 Å². The minimum absolute atomic E-state index is 0.0251. The van der Waals surface area contributed by atoms with Gasteiger partial charge in [-0.15, -0.1) is 0 Å². The molecule has 0 radical (unpaired) electrons. The quantitative estimate of drug-likeness (QED) is 0.780. The second-order valence-corrected chi connectivity index (χ2v) is 3.71. The van der Waals surface area contributed by atoms with Crippen molar-refractivity contribution in [1.29, 1.82) is 0 Å². The average molecular weight is 226 g/mol. The van der Waals surface area contributed by atoms with E-state index in [4.69, 9.17) is 22.1 Å². The molecular weight excluding hydrogens is 218 g/mol. The van der Waals surface area contributed by atoms with Gasteiger partial charge in [-0.2, -0.15) is 0 Å². The van der Waals surface area contributed by atoms with Crippen LogP contribution < -0.4 is 10.5 Å². The Morgan fingerprint density at radius 3 is 2.93 bits per heavy atom. The lowest BCUT2D eigenvalue weighted by atomic mass is 10.0. The smallest absolute Gasteiger partial charge is 0.258 e. The molecule has 1 aromatic rings. The van der Waals surface area contributed by atoms with Crippen molar-refractivity contribution in [2.24, 2.45) is 5.73 Å². The summed E-state index contributed by atoms with van der Waals surface area (Å²) in [6, 6.07) is 4.68. The molecule has 78 valence electrons. The molecule has 0 bridgehead atoms. The molecule has 2 rings (SSSR count). The van der Waals surface area contributed by atoms with Crippen molar-refractivity contribution in [2.75, 3.05) is 0 Å². The van der Waals surface area contributed by atoms with Gasteiger partial charge in [0.2, 0.25) is 0 Å². The summed E-state index contributed by atoms with van der Waals surface area (Å²) in [5.41, 5.74) is 5.48. The number of primary amides is 1. The van der Waals surface area contributed by atoms with Gasteiger partial charge in [0.25, 0.3) is 5.91 Å². The van der Waals surface area contributed by atoms with Crippen LogP contribution in [0.5, 0.6) is 5.75 Å². The van der Waals surface area contributed by atoms with E-state index in [1.165, 1.54) is 6.07 Å². The van der Waals surface area contributed by atoms with Crippen LogP contribution in [0.3, 0.4) is 0 Å². The van der Waals surface area contributed by atoms with Gasteiger partial charge in [-0.25, -0.2) is 0 Å². The molecule has 1 heterocycles. The van der Waals surface area contributed by atoms with E-state index in [1.807, 2.05) is 0 Å². The molecule has 0 fully saturated rings. The zero-order chi connectivity index (χ0) is 11.0. The first kappa shape index (κ1) is 9.98. The molecule has 1 aromatic carbocycles. The Labute approximate surface area is 91.0 Å². The van der Waals surface area contributed by atoms with E-state index in [-0.39, 0.29) is 12.2 Å². The highest BCUT2D eigenvalue weighted by Crippen LogP contribution is 2.29. The molecule has 0 saturated heterocycles. The fourth-order valence-electron chi connectivity index (χ4n) is 1.45. The zero-order valence-corrected chi connectivity index (χ0v) is 8.45. The average Bonchev–Trinajstić information content (AvgIpc) is 2.18. The van der Waals surface area contributed by atoms with Crippen LogP contribution in [0.25, 0.3) is 0 Å². The first-order chi connectivity index (χ1) is 7.08. The number of ether oxygens (including phenoxy) is 1. The van der Waals surface area contributed by atoms with Crippen LogP contribution in [0.2, 0.25) is 5.02 Å². The molecule has 1 aliphatic rings. The summed E-state index contributed by atoms with van der Waals surface area (Å²) in [5.74, 6) is -0.453. The highest BCUT2D eigenvalue weighted by molar-refractivity contribution is 6.31. The van der Waals surface area contributed by atoms with Gasteiger partial charge in [0, 0.05) is 5.02 Å². The highest BCUT2D eigenvalue weighted by Gasteiger charge is 2.29. The van der Waals surface area contributed by atoms with E-state index in [0.717, 1.165) is 0 Å². The number of halogens is 1. The number of rotatable bonds is 1. The number of ketones is 1. The van der Waals surface area contributed by atoms with Gasteiger partial charge in [0.15, 0.2) is 11.9 Å². The number of hydrogen-bond acceptors (Lipinski definition) is 3. The van der Waals surface area contributed by atoms with Crippen molar-refractivity contribution in [3.05, 3.63) is 28.8 Å². The predicted octanol–water partition coefficient (Wildman–Crippen LogP) is 1.16. The molecular formula is C10H8ClNO3. The molecule has 1 aliphatic heterocycles. The Bertz CT molecular complexity index is 444. The van der Waals surface area contributed by atoms with Crippen molar-refractivity contribution in [2.45, 2.75) is 12.5 Å². The largest absolute Gasteiger partial charge is 0.479 e. The summed E-state index contributed by atoms with van der Waals surface area (Å²) in [6.07, 6.45) is -0.894. The zero-order valence-electron chi connectivity index (χ0n) is 7.70. The molecule has 1 unspecified atom stereocenters. The number of nitrogens with two attached hydrogens (primary N) is 1. The summed E-state index contributed by atoms with van der Waals surface area (Å²) in [5, 5.41) is 0.461. The van der Waals surface area contributed by atoms with E-state index in [1.54, 1.807) is 12.1 Å². The van der Waals surface area contributed by atoms with Crippen LogP contribution in [0, 0.1) is 0 Å². The Kier molecular flexibility index (Phi) is 2.36. The topological polar surface area (TPSA) is 69.4 Å². The first-order valence-corrected chi connectivity index (χ1v) is 4.74. The lowest BCUT2D eigenvalue weighted by Crippen LogP contribution is -2.38. The fourth-order valence-corrected chi connectivity index (χ4v) is 1.63. The maximum atomic E-state index is 11.6. The Balaban J connectivity index is 2.41. The van der Waals surface area contributed by atoms with Gasteiger partial charge in [-0.3, -0.25) is 9.59 Å². The first-order valence-electron chi connectivity index (χ1n) is 4.36. The normalized spacial score (nSPS) is 19.3. The monoisotopic (exact) mass is 225 g/mol. The third-order valence-electron chi connectivity index (χ3n) is 2.20. The molecule has 1 amide bonds. The second kappa shape index (κ2) is 3.55. The minimum atomic E-state index is -0.869. The number of benzene rings is 1. The molecule has 1 atom stereocenters. The highest BCUT2D eigenvalue weighted by atomic mass is 35.5. The maximum absolute atomic E-state index is 11.6. The Hall–Kier alpha value is -1.55. The molecule has 0 aromatic heterocycles. The van der Waals surface area contributed by atoms with Crippen LogP contribution in [-0.4, -0.2) is 17.8 Å². The Morgan fingerprint density at radius 1 is 1.53 bits per heavy atom. The van der Waals surface area contributed by atoms with Crippen LogP contribution in [0.4, 0.5) is 0 Å². The number of fused-ring (bicyclic) bond motifs is 1. The van der Waals surface area contributed by atoms with Gasteiger partial charge in [-0.1, -0.05) is 11.6 Å². The van der Waals surface area contributed by atoms with Crippen LogP contribution in [0.1, 0.15) is 16.8 Å². The van der Waals surface area contributed by atoms with Gasteiger partial charge in [0.05, 0.1) is 12.0 Å². The van der Waals surface area contributed by atoms with Crippen LogP contribution in [-0.2, 0) is 4.79 Å². The predicted molar refractivity (Wildman–Crippen MR) is 54.0 cm³/mol. The molecule has 0 aliphatic carbocycles. The fraction of sp³-hybridized carbons (Fsp3) is 0.200. The minimum Gasteiger partial charge on any atom is -0.479 e. The van der Waals surface area contributed by atoms with Gasteiger partial charge < -0.3 is 10.5 Å². The third kappa shape index (κ3) is 1.80. The number of carbonyl (C=O) groups is 2. The number of hydrogen-bond donors (Lipinski definition) is 1. The molecule has 15 heavy (non-hydrogen) atoms. The van der Waals surface area contributed by atoms with Crippen LogP contribution in [0.15, 0.2) is 18.2 Å². The maximum Gasteiger partial charge on any atom is 0.258 e. The summed E-state index contributed by atoms with van der Waals surface area (Å²) >= 11 is 5.74. The summed E-state index contributed by atoms with van der Waals surface area (Å²) in [7, 11) is 0. The third-order valence-corrected chi connectivity index (χ3v) is 2.43. The van der Waals surface area contributed by atoms with Gasteiger partial charge in [0.1, 0.15) is 5.75 Å². The standard InChI is InChI=1S/C10H8ClNO3/c11-5-1-2-8-6(3-5)7(13)4-9(15-8)10(12)14/h1-3,9H,4H2,(H2,12,14). The van der Waals surface area contributed by atoms with E-state index in [2.05, 4.69) is 0 Å². The van der Waals surface area contributed by atoms with Crippen molar-refractivity contribution >= 4 is 23.3 Å². The van der Waals surface area contributed by atoms with Crippen molar-refractivity contribution in [1.82, 2.24) is 0 Å². The molecule has 0 spiro atoms. The van der Waals surface area contributed by atoms with E-state index < -0.39 is 12.0 Å². The molecule has 5 heteroatoms. The summed E-state index contributed by atoms with van der Waals surface area (Å²) in [4.78, 5) is 22.5. The van der Waals surface area contributed by atoms with Gasteiger partial charge in [-0.05, 0) is 18.2 Å². The summed E-state index contributed by atoms with van der Waals surface area (Å²) in [6.45, 7) is 0. The lowest BCUT2D eigenvalue weighted by Gasteiger charge is -2.22. The molecule has 4 nitrogen and oxygen atoms in total. The summed E-state index contributed by atoms with van der Waals surface area (Å²) < 4.78 is 5.26. The number of amides is 1. The van der Waals surface area contributed by atoms with Crippen molar-refractivity contribution in [3.8, 4) is 5.75 Å². The van der Waals surface area contributed by atoms with E-state index in [0.29, 0.717) is 16.3 Å². The second-order valence-electron chi connectivity index (χ2n) is 3.28. The number of Topliss-reactive ketones (excluding diaryl/α,β-unsaturated/α-hetero) is 1. The molecule has 0 saturated carbocycles.